The van der Waals surface area contributed by atoms with E-state index >= 15 is 0 Å². The Morgan fingerprint density at radius 1 is 1.00 bits per heavy atom. The molecular formula is C18H16N2O4. The smallest absolute Gasteiger partial charge is 0.333 e. The van der Waals surface area contributed by atoms with Gasteiger partial charge in [-0.05, 0) is 30.3 Å². The van der Waals surface area contributed by atoms with Gasteiger partial charge in [0, 0.05) is 11.6 Å². The first-order valence-electron chi connectivity index (χ1n) is 7.28. The van der Waals surface area contributed by atoms with E-state index in [2.05, 4.69) is 5.32 Å². The lowest BCUT2D eigenvalue weighted by Gasteiger charge is -2.11. The van der Waals surface area contributed by atoms with Gasteiger partial charge in [0.1, 0.15) is 17.2 Å². The van der Waals surface area contributed by atoms with E-state index in [0.717, 1.165) is 4.90 Å². The zero-order chi connectivity index (χ0) is 17.1. The Bertz CT molecular complexity index is 815. The number of amides is 3. The number of nitrogens with zero attached hydrogens (tertiary/aromatic N) is 1. The molecule has 0 spiro atoms. The number of hydrogen-bond donors (Lipinski definition) is 1. The number of methoxy groups -OCH3 is 2. The fourth-order valence-electron chi connectivity index (χ4n) is 2.44. The van der Waals surface area contributed by atoms with Crippen LogP contribution in [-0.2, 0) is 4.79 Å². The van der Waals surface area contributed by atoms with E-state index < -0.39 is 11.9 Å². The molecule has 1 aliphatic heterocycles. The second kappa shape index (κ2) is 6.45. The highest BCUT2D eigenvalue weighted by Gasteiger charge is 2.34. The maximum absolute atomic E-state index is 12.6. The number of urea groups is 1. The number of para-hydroxylation sites is 1. The van der Waals surface area contributed by atoms with Gasteiger partial charge < -0.3 is 14.8 Å². The third-order valence-electron chi connectivity index (χ3n) is 3.63. The van der Waals surface area contributed by atoms with Crippen molar-refractivity contribution in [2.24, 2.45) is 0 Å². The SMILES string of the molecule is COc1ccc(/C=C2/NC(=O)N(c3ccccc3)C2=O)c(OC)c1. The number of anilines is 1. The summed E-state index contributed by atoms with van der Waals surface area (Å²) in [7, 11) is 3.09. The number of nitrogens with one attached hydrogen (secondary N) is 1. The predicted octanol–water partition coefficient (Wildman–Crippen LogP) is 2.80. The average Bonchev–Trinajstić information content (AvgIpc) is 2.89. The summed E-state index contributed by atoms with van der Waals surface area (Å²) in [6.45, 7) is 0. The number of carbonyl (C=O) groups is 2. The van der Waals surface area contributed by atoms with Gasteiger partial charge >= 0.3 is 6.03 Å². The van der Waals surface area contributed by atoms with Gasteiger partial charge in [0.15, 0.2) is 0 Å². The molecule has 2 aromatic rings. The quantitative estimate of drug-likeness (QED) is 0.694. The van der Waals surface area contributed by atoms with Crippen molar-refractivity contribution in [3.63, 3.8) is 0 Å². The van der Waals surface area contributed by atoms with Crippen molar-refractivity contribution in [3.8, 4) is 11.5 Å². The van der Waals surface area contributed by atoms with Crippen LogP contribution in [0.5, 0.6) is 11.5 Å². The Labute approximate surface area is 139 Å². The van der Waals surface area contributed by atoms with Gasteiger partial charge in [-0.15, -0.1) is 0 Å². The highest BCUT2D eigenvalue weighted by Crippen LogP contribution is 2.28. The molecule has 6 heteroatoms. The van der Waals surface area contributed by atoms with Crippen LogP contribution < -0.4 is 19.7 Å². The van der Waals surface area contributed by atoms with Gasteiger partial charge in [-0.25, -0.2) is 9.69 Å². The Balaban J connectivity index is 1.95. The van der Waals surface area contributed by atoms with E-state index in [1.165, 1.54) is 7.11 Å². The molecule has 1 saturated heterocycles. The van der Waals surface area contributed by atoms with E-state index in [1.54, 1.807) is 55.7 Å². The molecule has 6 nitrogen and oxygen atoms in total. The molecule has 0 radical (unpaired) electrons. The molecule has 0 aliphatic carbocycles. The van der Waals surface area contributed by atoms with Crippen LogP contribution in [-0.4, -0.2) is 26.2 Å². The molecule has 1 heterocycles. The first kappa shape index (κ1) is 15.6. The first-order chi connectivity index (χ1) is 11.6. The summed E-state index contributed by atoms with van der Waals surface area (Å²) in [5.74, 6) is 0.771. The van der Waals surface area contributed by atoms with Crippen LogP contribution in [0, 0.1) is 0 Å². The summed E-state index contributed by atoms with van der Waals surface area (Å²) in [6.07, 6.45) is 1.58. The van der Waals surface area contributed by atoms with E-state index in [4.69, 9.17) is 9.47 Å². The minimum atomic E-state index is -0.482. The highest BCUT2D eigenvalue weighted by atomic mass is 16.5. The van der Waals surface area contributed by atoms with Crippen molar-refractivity contribution in [2.75, 3.05) is 19.1 Å². The molecule has 0 aromatic heterocycles. The van der Waals surface area contributed by atoms with Gasteiger partial charge in [-0.3, -0.25) is 4.79 Å². The zero-order valence-electron chi connectivity index (χ0n) is 13.3. The van der Waals surface area contributed by atoms with Crippen molar-refractivity contribution in [1.82, 2.24) is 5.32 Å². The minimum Gasteiger partial charge on any atom is -0.497 e. The summed E-state index contributed by atoms with van der Waals surface area (Å²) in [6, 6.07) is 13.5. The second-order valence-electron chi connectivity index (χ2n) is 5.07. The largest absolute Gasteiger partial charge is 0.497 e. The summed E-state index contributed by atoms with van der Waals surface area (Å²) in [5, 5.41) is 2.59. The fourth-order valence-corrected chi connectivity index (χ4v) is 2.44. The average molecular weight is 324 g/mol. The van der Waals surface area contributed by atoms with Crippen molar-refractivity contribution in [1.29, 1.82) is 0 Å². The molecule has 0 saturated carbocycles. The van der Waals surface area contributed by atoms with E-state index in [1.807, 2.05) is 6.07 Å². The first-order valence-corrected chi connectivity index (χ1v) is 7.28. The van der Waals surface area contributed by atoms with Crippen molar-refractivity contribution >= 4 is 23.7 Å². The molecule has 3 amide bonds. The van der Waals surface area contributed by atoms with Gasteiger partial charge in [-0.1, -0.05) is 18.2 Å². The monoisotopic (exact) mass is 324 g/mol. The minimum absolute atomic E-state index is 0.187. The highest BCUT2D eigenvalue weighted by molar-refractivity contribution is 6.28. The standard InChI is InChI=1S/C18H16N2O4/c1-23-14-9-8-12(16(11-14)24-2)10-15-17(21)20(18(22)19-15)13-6-4-3-5-7-13/h3-11H,1-2H3,(H,19,22)/b15-10+. The van der Waals surface area contributed by atoms with Gasteiger partial charge in [0.25, 0.3) is 5.91 Å². The third-order valence-corrected chi connectivity index (χ3v) is 3.63. The molecule has 1 fully saturated rings. The molecule has 122 valence electrons. The van der Waals surface area contributed by atoms with Crippen LogP contribution in [0.4, 0.5) is 10.5 Å². The van der Waals surface area contributed by atoms with E-state index in [0.29, 0.717) is 22.7 Å². The lowest BCUT2D eigenvalue weighted by molar-refractivity contribution is -0.113. The molecule has 3 rings (SSSR count). The molecule has 0 unspecified atom stereocenters. The number of benzene rings is 2. The summed E-state index contributed by atoms with van der Waals surface area (Å²) in [4.78, 5) is 25.8. The number of carbonyl (C=O) groups excluding carboxylic acids is 2. The second-order valence-corrected chi connectivity index (χ2v) is 5.07. The molecular weight excluding hydrogens is 308 g/mol. The Hall–Kier alpha value is -3.28. The Morgan fingerprint density at radius 3 is 2.42 bits per heavy atom. The predicted molar refractivity (Wildman–Crippen MR) is 90.0 cm³/mol. The lowest BCUT2D eigenvalue weighted by Crippen LogP contribution is -2.30. The zero-order valence-corrected chi connectivity index (χ0v) is 13.3. The number of rotatable bonds is 4. The van der Waals surface area contributed by atoms with E-state index in [9.17, 15) is 9.59 Å². The van der Waals surface area contributed by atoms with Crippen molar-refractivity contribution in [3.05, 3.63) is 59.8 Å². The van der Waals surface area contributed by atoms with E-state index in [-0.39, 0.29) is 5.70 Å². The Kier molecular flexibility index (Phi) is 4.20. The van der Waals surface area contributed by atoms with Gasteiger partial charge in [0.05, 0.1) is 19.9 Å². The maximum Gasteiger partial charge on any atom is 0.333 e. The van der Waals surface area contributed by atoms with Crippen LogP contribution in [0.25, 0.3) is 6.08 Å². The summed E-state index contributed by atoms with van der Waals surface area (Å²) >= 11 is 0. The van der Waals surface area contributed by atoms with Crippen LogP contribution in [0.2, 0.25) is 0 Å². The van der Waals surface area contributed by atoms with Crippen LogP contribution in [0.15, 0.2) is 54.2 Å². The summed E-state index contributed by atoms with van der Waals surface area (Å²) < 4.78 is 10.5. The normalized spacial score (nSPS) is 15.6. The number of ether oxygens (including phenoxy) is 2. The maximum atomic E-state index is 12.6. The third kappa shape index (κ3) is 2.81. The number of hydrogen-bond acceptors (Lipinski definition) is 4. The molecule has 24 heavy (non-hydrogen) atoms. The lowest BCUT2D eigenvalue weighted by atomic mass is 10.1. The number of imide groups is 1. The molecule has 0 atom stereocenters. The van der Waals surface area contributed by atoms with Crippen LogP contribution in [0.1, 0.15) is 5.56 Å². The van der Waals surface area contributed by atoms with Gasteiger partial charge in [-0.2, -0.15) is 0 Å². The Morgan fingerprint density at radius 2 is 1.75 bits per heavy atom. The molecule has 0 bridgehead atoms. The van der Waals surface area contributed by atoms with Crippen molar-refractivity contribution < 1.29 is 19.1 Å². The summed E-state index contributed by atoms with van der Waals surface area (Å²) in [5.41, 5.74) is 1.37. The molecule has 1 N–H and O–H groups in total. The van der Waals surface area contributed by atoms with Crippen LogP contribution >= 0.6 is 0 Å². The van der Waals surface area contributed by atoms with Gasteiger partial charge in [0.2, 0.25) is 0 Å². The van der Waals surface area contributed by atoms with Crippen molar-refractivity contribution in [2.45, 2.75) is 0 Å². The van der Waals surface area contributed by atoms with Crippen LogP contribution in [0.3, 0.4) is 0 Å². The fraction of sp³-hybridized carbons (Fsp3) is 0.111. The molecule has 1 aliphatic rings. The molecule has 2 aromatic carbocycles. The topological polar surface area (TPSA) is 67.9 Å².